The topological polar surface area (TPSA) is 59.4 Å². The van der Waals surface area contributed by atoms with Crippen LogP contribution in [0.5, 0.6) is 0 Å². The fourth-order valence-electron chi connectivity index (χ4n) is 4.15. The molecule has 6 nitrogen and oxygen atoms in total. The van der Waals surface area contributed by atoms with E-state index < -0.39 is 0 Å². The summed E-state index contributed by atoms with van der Waals surface area (Å²) in [6, 6.07) is 16.1. The van der Waals surface area contributed by atoms with Crippen LogP contribution in [-0.4, -0.2) is 51.9 Å². The van der Waals surface area contributed by atoms with Gasteiger partial charge >= 0.3 is 0 Å². The summed E-state index contributed by atoms with van der Waals surface area (Å²) in [5, 5.41) is 3.93. The maximum Gasteiger partial charge on any atom is 0.251 e. The van der Waals surface area contributed by atoms with Gasteiger partial charge in [-0.1, -0.05) is 42.1 Å². The summed E-state index contributed by atoms with van der Waals surface area (Å²) in [5.74, 6) is -0.0852. The zero-order valence-corrected chi connectivity index (χ0v) is 19.6. The Balaban J connectivity index is 1.34. The van der Waals surface area contributed by atoms with Crippen molar-refractivity contribution in [2.24, 2.45) is 0 Å². The molecular weight excluding hydrogens is 420 g/mol. The standard InChI is InChI=1S/C25H30N4O2S/c1-18-15-28(16-19(2)31-18)17-21-9-7-20(8-10-21)14-27-24(30)22-5-4-6-23(13-22)29-12-11-26-25(29)32-3/h4-13,18-19H,14-17H2,1-3H3,(H,27,30). The van der Waals surface area contributed by atoms with Gasteiger partial charge in [0.1, 0.15) is 0 Å². The van der Waals surface area contributed by atoms with Crippen molar-refractivity contribution in [1.82, 2.24) is 19.8 Å². The maximum atomic E-state index is 12.7. The van der Waals surface area contributed by atoms with Crippen molar-refractivity contribution < 1.29 is 9.53 Å². The second-order valence-electron chi connectivity index (χ2n) is 8.28. The monoisotopic (exact) mass is 450 g/mol. The van der Waals surface area contributed by atoms with E-state index in [4.69, 9.17) is 4.74 Å². The van der Waals surface area contributed by atoms with Crippen LogP contribution in [0, 0.1) is 0 Å². The first-order valence-corrected chi connectivity index (χ1v) is 12.2. The molecule has 1 saturated heterocycles. The van der Waals surface area contributed by atoms with E-state index >= 15 is 0 Å². The number of benzene rings is 2. The lowest BCUT2D eigenvalue weighted by Gasteiger charge is -2.35. The van der Waals surface area contributed by atoms with E-state index in [1.807, 2.05) is 41.3 Å². The Morgan fingerprint density at radius 2 is 1.84 bits per heavy atom. The third-order valence-electron chi connectivity index (χ3n) is 5.55. The summed E-state index contributed by atoms with van der Waals surface area (Å²) in [6.45, 7) is 7.58. The second kappa shape index (κ2) is 10.3. The average Bonchev–Trinajstić information content (AvgIpc) is 3.27. The van der Waals surface area contributed by atoms with Crippen molar-refractivity contribution in [2.75, 3.05) is 19.3 Å². The molecule has 1 fully saturated rings. The van der Waals surface area contributed by atoms with Gasteiger partial charge in [0.05, 0.1) is 12.2 Å². The first-order valence-electron chi connectivity index (χ1n) is 10.9. The van der Waals surface area contributed by atoms with Gasteiger partial charge < -0.3 is 10.1 Å². The molecule has 7 heteroatoms. The Hall–Kier alpha value is -2.61. The number of imidazole rings is 1. The van der Waals surface area contributed by atoms with Crippen molar-refractivity contribution >= 4 is 17.7 Å². The Morgan fingerprint density at radius 1 is 1.12 bits per heavy atom. The maximum absolute atomic E-state index is 12.7. The number of nitrogens with one attached hydrogen (secondary N) is 1. The number of hydrogen-bond donors (Lipinski definition) is 1. The lowest BCUT2D eigenvalue weighted by Crippen LogP contribution is -2.44. The number of thioether (sulfide) groups is 1. The molecule has 1 aliphatic heterocycles. The number of amides is 1. The molecule has 3 aromatic rings. The van der Waals surface area contributed by atoms with Crippen LogP contribution in [-0.2, 0) is 17.8 Å². The van der Waals surface area contributed by atoms with Gasteiger partial charge in [-0.25, -0.2) is 4.98 Å². The number of morpholine rings is 1. The zero-order valence-electron chi connectivity index (χ0n) is 18.8. The van der Waals surface area contributed by atoms with E-state index in [1.165, 1.54) is 5.56 Å². The Morgan fingerprint density at radius 3 is 2.56 bits per heavy atom. The first-order chi connectivity index (χ1) is 15.5. The fraction of sp³-hybridized carbons (Fsp3) is 0.360. The molecule has 0 bridgehead atoms. The average molecular weight is 451 g/mol. The Bertz CT molecular complexity index is 1040. The number of carbonyl (C=O) groups is 1. The van der Waals surface area contributed by atoms with Crippen molar-refractivity contribution in [3.05, 3.63) is 77.6 Å². The van der Waals surface area contributed by atoms with Crippen LogP contribution >= 0.6 is 11.8 Å². The van der Waals surface area contributed by atoms with E-state index in [1.54, 1.807) is 18.0 Å². The summed E-state index contributed by atoms with van der Waals surface area (Å²) >= 11 is 1.57. The molecule has 0 saturated carbocycles. The highest BCUT2D eigenvalue weighted by Crippen LogP contribution is 2.19. The molecule has 2 heterocycles. The van der Waals surface area contributed by atoms with E-state index in [0.29, 0.717) is 12.1 Å². The molecule has 2 aromatic carbocycles. The molecular formula is C25H30N4O2S. The third kappa shape index (κ3) is 5.59. The van der Waals surface area contributed by atoms with Gasteiger partial charge in [-0.2, -0.15) is 0 Å². The Labute approximate surface area is 194 Å². The molecule has 168 valence electrons. The molecule has 2 atom stereocenters. The number of hydrogen-bond acceptors (Lipinski definition) is 5. The van der Waals surface area contributed by atoms with Gasteiger partial charge in [0.2, 0.25) is 0 Å². The molecule has 1 N–H and O–H groups in total. The first kappa shape index (κ1) is 22.6. The van der Waals surface area contributed by atoms with E-state index in [2.05, 4.69) is 53.3 Å². The van der Waals surface area contributed by atoms with Crippen LogP contribution in [0.25, 0.3) is 5.69 Å². The summed E-state index contributed by atoms with van der Waals surface area (Å²) in [4.78, 5) is 19.5. The normalized spacial score (nSPS) is 19.1. The minimum absolute atomic E-state index is 0.0852. The number of carbonyl (C=O) groups excluding carboxylic acids is 1. The van der Waals surface area contributed by atoms with Crippen LogP contribution in [0.4, 0.5) is 0 Å². The van der Waals surface area contributed by atoms with Crippen molar-refractivity contribution in [3.8, 4) is 5.69 Å². The number of ether oxygens (including phenoxy) is 1. The van der Waals surface area contributed by atoms with E-state index in [-0.39, 0.29) is 18.1 Å². The van der Waals surface area contributed by atoms with Gasteiger partial charge in [-0.15, -0.1) is 0 Å². The Kier molecular flexibility index (Phi) is 7.29. The lowest BCUT2D eigenvalue weighted by molar-refractivity contribution is -0.0704. The summed E-state index contributed by atoms with van der Waals surface area (Å²) in [5.41, 5.74) is 3.92. The summed E-state index contributed by atoms with van der Waals surface area (Å²) in [7, 11) is 0. The predicted octanol–water partition coefficient (Wildman–Crippen LogP) is 4.13. The van der Waals surface area contributed by atoms with Gasteiger partial charge in [0.15, 0.2) is 5.16 Å². The van der Waals surface area contributed by atoms with Crippen molar-refractivity contribution in [1.29, 1.82) is 0 Å². The van der Waals surface area contributed by atoms with Crippen molar-refractivity contribution in [3.63, 3.8) is 0 Å². The van der Waals surface area contributed by atoms with Crippen LogP contribution in [0.1, 0.15) is 35.3 Å². The SMILES string of the molecule is CSc1nccn1-c1cccc(C(=O)NCc2ccc(CN3CC(C)OC(C)C3)cc2)c1. The molecule has 0 spiro atoms. The van der Waals surface area contributed by atoms with Crippen molar-refractivity contribution in [2.45, 2.75) is 44.3 Å². The van der Waals surface area contributed by atoms with Gasteiger partial charge in [0.25, 0.3) is 5.91 Å². The number of rotatable bonds is 7. The molecule has 1 aliphatic rings. The highest BCUT2D eigenvalue weighted by Gasteiger charge is 2.22. The van der Waals surface area contributed by atoms with Crippen LogP contribution < -0.4 is 5.32 Å². The van der Waals surface area contributed by atoms with Gasteiger partial charge in [0, 0.05) is 49.8 Å². The van der Waals surface area contributed by atoms with Crippen LogP contribution in [0.2, 0.25) is 0 Å². The minimum atomic E-state index is -0.0852. The molecule has 1 aromatic heterocycles. The molecule has 4 rings (SSSR count). The molecule has 1 amide bonds. The zero-order chi connectivity index (χ0) is 22.5. The van der Waals surface area contributed by atoms with E-state index in [9.17, 15) is 4.79 Å². The quantitative estimate of drug-likeness (QED) is 0.549. The highest BCUT2D eigenvalue weighted by atomic mass is 32.2. The largest absolute Gasteiger partial charge is 0.373 e. The number of aromatic nitrogens is 2. The van der Waals surface area contributed by atoms with Gasteiger partial charge in [-0.3, -0.25) is 14.3 Å². The minimum Gasteiger partial charge on any atom is -0.373 e. The predicted molar refractivity (Wildman–Crippen MR) is 128 cm³/mol. The smallest absolute Gasteiger partial charge is 0.251 e. The van der Waals surface area contributed by atoms with Gasteiger partial charge in [-0.05, 0) is 49.4 Å². The number of nitrogens with zero attached hydrogens (tertiary/aromatic N) is 3. The molecule has 32 heavy (non-hydrogen) atoms. The molecule has 0 radical (unpaired) electrons. The van der Waals surface area contributed by atoms with Crippen LogP contribution in [0.3, 0.4) is 0 Å². The lowest BCUT2D eigenvalue weighted by atomic mass is 10.1. The highest BCUT2D eigenvalue weighted by molar-refractivity contribution is 7.98. The second-order valence-corrected chi connectivity index (χ2v) is 9.06. The summed E-state index contributed by atoms with van der Waals surface area (Å²) < 4.78 is 7.80. The van der Waals surface area contributed by atoms with E-state index in [0.717, 1.165) is 36.0 Å². The van der Waals surface area contributed by atoms with Crippen LogP contribution in [0.15, 0.2) is 66.1 Å². The molecule has 2 unspecified atom stereocenters. The fourth-order valence-corrected chi connectivity index (χ4v) is 4.68. The summed E-state index contributed by atoms with van der Waals surface area (Å²) in [6.07, 6.45) is 6.20. The molecule has 0 aliphatic carbocycles. The third-order valence-corrected chi connectivity index (χ3v) is 6.22.